The number of aliphatic hydroxyl groups is 1. The van der Waals surface area contributed by atoms with Crippen LogP contribution in [-0.2, 0) is 9.59 Å². The minimum Gasteiger partial charge on any atom is -0.379 e. The molecule has 0 saturated heterocycles. The molecule has 0 saturated carbocycles. The lowest BCUT2D eigenvalue weighted by molar-refractivity contribution is -0.122. The van der Waals surface area contributed by atoms with Crippen LogP contribution in [0.4, 0.5) is 0 Å². The van der Waals surface area contributed by atoms with E-state index in [1.807, 2.05) is 18.7 Å². The molecule has 30 heavy (non-hydrogen) atoms. The molecule has 0 aliphatic rings. The fraction of sp³-hybridized carbons (Fsp3) is 0.913. The second-order valence-corrected chi connectivity index (χ2v) is 9.00. The van der Waals surface area contributed by atoms with E-state index in [9.17, 15) is 14.7 Å². The summed E-state index contributed by atoms with van der Waals surface area (Å²) in [4.78, 5) is 28.1. The van der Waals surface area contributed by atoms with E-state index in [0.29, 0.717) is 38.0 Å². The van der Waals surface area contributed by atoms with Crippen molar-refractivity contribution in [3.8, 4) is 0 Å². The van der Waals surface area contributed by atoms with Crippen LogP contribution in [0.5, 0.6) is 0 Å². The van der Waals surface area contributed by atoms with Crippen LogP contribution in [0, 0.1) is 0 Å². The van der Waals surface area contributed by atoms with E-state index < -0.39 is 6.23 Å². The summed E-state index contributed by atoms with van der Waals surface area (Å²) in [7, 11) is 0. The van der Waals surface area contributed by atoms with Gasteiger partial charge in [-0.15, -0.1) is 0 Å². The van der Waals surface area contributed by atoms with Gasteiger partial charge >= 0.3 is 0 Å². The Bertz CT molecular complexity index is 409. The normalized spacial score (nSPS) is 13.0. The fourth-order valence-corrected chi connectivity index (χ4v) is 3.69. The fourth-order valence-electron chi connectivity index (χ4n) is 3.69. The van der Waals surface area contributed by atoms with E-state index in [2.05, 4.69) is 43.2 Å². The maximum atomic E-state index is 12.0. The molecule has 0 bridgehead atoms. The van der Waals surface area contributed by atoms with Crippen LogP contribution < -0.4 is 10.6 Å². The summed E-state index contributed by atoms with van der Waals surface area (Å²) in [6.45, 7) is 17.2. The van der Waals surface area contributed by atoms with Crippen molar-refractivity contribution in [1.29, 1.82) is 0 Å². The number of unbranched alkanes of at least 4 members (excludes halogenated alkanes) is 3. The Labute approximate surface area is 185 Å². The second kappa shape index (κ2) is 16.5. The Morgan fingerprint density at radius 2 is 1.03 bits per heavy atom. The van der Waals surface area contributed by atoms with Crippen molar-refractivity contribution in [3.05, 3.63) is 0 Å². The molecule has 0 spiro atoms. The maximum Gasteiger partial charge on any atom is 0.221 e. The number of amides is 2. The molecule has 178 valence electrons. The Morgan fingerprint density at radius 3 is 1.37 bits per heavy atom. The summed E-state index contributed by atoms with van der Waals surface area (Å²) in [6, 6.07) is 1.11. The Kier molecular flexibility index (Phi) is 15.9. The summed E-state index contributed by atoms with van der Waals surface area (Å²) < 4.78 is 0. The molecule has 0 heterocycles. The van der Waals surface area contributed by atoms with Crippen molar-refractivity contribution >= 4 is 11.8 Å². The van der Waals surface area contributed by atoms with Gasteiger partial charge in [-0.1, -0.05) is 12.8 Å². The third-order valence-corrected chi connectivity index (χ3v) is 5.41. The summed E-state index contributed by atoms with van der Waals surface area (Å²) in [6.07, 6.45) is 4.41. The van der Waals surface area contributed by atoms with Gasteiger partial charge in [0.1, 0.15) is 6.23 Å². The van der Waals surface area contributed by atoms with Gasteiger partial charge in [0.25, 0.3) is 0 Å². The highest BCUT2D eigenvalue weighted by Gasteiger charge is 2.16. The van der Waals surface area contributed by atoms with Gasteiger partial charge in [0.15, 0.2) is 0 Å². The van der Waals surface area contributed by atoms with E-state index in [-0.39, 0.29) is 17.9 Å². The number of nitrogens with one attached hydrogen (secondary N) is 2. The van der Waals surface area contributed by atoms with E-state index in [1.54, 1.807) is 6.92 Å². The molecule has 3 N–H and O–H groups in total. The van der Waals surface area contributed by atoms with E-state index in [4.69, 9.17) is 0 Å². The molecule has 0 aromatic heterocycles. The average molecular weight is 429 g/mol. The van der Waals surface area contributed by atoms with Gasteiger partial charge in [0, 0.05) is 57.1 Å². The third kappa shape index (κ3) is 13.9. The van der Waals surface area contributed by atoms with Crippen LogP contribution in [0.15, 0.2) is 0 Å². The second-order valence-electron chi connectivity index (χ2n) is 9.00. The largest absolute Gasteiger partial charge is 0.379 e. The van der Waals surface area contributed by atoms with Crippen molar-refractivity contribution < 1.29 is 14.7 Å². The molecule has 0 fully saturated rings. The van der Waals surface area contributed by atoms with Gasteiger partial charge in [-0.2, -0.15) is 0 Å². The number of carbonyl (C=O) groups is 2. The average Bonchev–Trinajstić information content (AvgIpc) is 2.62. The minimum atomic E-state index is -0.539. The summed E-state index contributed by atoms with van der Waals surface area (Å²) in [5, 5.41) is 15.7. The molecule has 0 aromatic rings. The van der Waals surface area contributed by atoms with Crippen molar-refractivity contribution in [2.75, 3.05) is 26.2 Å². The number of hydrogen-bond donors (Lipinski definition) is 3. The predicted molar refractivity (Wildman–Crippen MR) is 124 cm³/mol. The zero-order chi connectivity index (χ0) is 23.1. The molecular weight excluding hydrogens is 380 g/mol. The van der Waals surface area contributed by atoms with Crippen molar-refractivity contribution in [2.45, 2.75) is 111 Å². The lowest BCUT2D eigenvalue weighted by Gasteiger charge is -2.30. The first-order valence-electron chi connectivity index (χ1n) is 11.8. The van der Waals surface area contributed by atoms with Crippen molar-refractivity contribution in [2.24, 2.45) is 0 Å². The van der Waals surface area contributed by atoms with E-state index in [0.717, 1.165) is 38.8 Å². The molecule has 0 aliphatic carbocycles. The quantitative estimate of drug-likeness (QED) is 0.245. The van der Waals surface area contributed by atoms with Crippen LogP contribution in [-0.4, -0.2) is 77.3 Å². The van der Waals surface area contributed by atoms with Gasteiger partial charge in [-0.25, -0.2) is 0 Å². The number of carbonyl (C=O) groups excluding carboxylic acids is 2. The highest BCUT2D eigenvalue weighted by atomic mass is 16.3. The number of nitrogens with zero attached hydrogens (tertiary/aromatic N) is 2. The number of rotatable bonds is 17. The van der Waals surface area contributed by atoms with Gasteiger partial charge in [-0.3, -0.25) is 19.4 Å². The molecule has 0 rings (SSSR count). The van der Waals surface area contributed by atoms with E-state index in [1.165, 1.54) is 0 Å². The summed E-state index contributed by atoms with van der Waals surface area (Å²) in [5.74, 6) is 0.159. The lowest BCUT2D eigenvalue weighted by Crippen LogP contribution is -2.41. The first-order chi connectivity index (χ1) is 14.1. The number of aliphatic hydroxyl groups excluding tert-OH is 1. The molecule has 1 unspecified atom stereocenters. The highest BCUT2D eigenvalue weighted by molar-refractivity contribution is 5.76. The Hall–Kier alpha value is -1.18. The van der Waals surface area contributed by atoms with Gasteiger partial charge in [-0.05, 0) is 61.3 Å². The monoisotopic (exact) mass is 428 g/mol. The topological polar surface area (TPSA) is 84.9 Å². The van der Waals surface area contributed by atoms with Crippen LogP contribution in [0.1, 0.15) is 87.0 Å². The van der Waals surface area contributed by atoms with Crippen LogP contribution in [0.3, 0.4) is 0 Å². The first-order valence-corrected chi connectivity index (χ1v) is 11.8. The minimum absolute atomic E-state index is 0.0328. The Balaban J connectivity index is 3.69. The van der Waals surface area contributed by atoms with Gasteiger partial charge in [0.2, 0.25) is 11.8 Å². The zero-order valence-electron chi connectivity index (χ0n) is 20.5. The third-order valence-electron chi connectivity index (χ3n) is 5.41. The summed E-state index contributed by atoms with van der Waals surface area (Å²) in [5.41, 5.74) is 0. The van der Waals surface area contributed by atoms with Crippen LogP contribution in [0.25, 0.3) is 0 Å². The smallest absolute Gasteiger partial charge is 0.221 e. The number of hydrogen-bond acceptors (Lipinski definition) is 5. The SMILES string of the molecule is CC(C)N(CCC(=O)NCCCCCCNC(=O)CCN(C(C)C)C(C)O)C(C)C. The standard InChI is InChI=1S/C23H48N4O3/c1-18(2)26(19(3)4)16-12-22(29)24-14-10-8-9-11-15-25-23(30)13-17-27(20(5)6)21(7)28/h18-21,28H,8-17H2,1-7H3,(H,24,29)(H,25,30). The van der Waals surface area contributed by atoms with E-state index >= 15 is 0 Å². The van der Waals surface area contributed by atoms with Crippen LogP contribution >= 0.6 is 0 Å². The molecule has 2 amide bonds. The molecular formula is C23H48N4O3. The maximum absolute atomic E-state index is 12.0. The van der Waals surface area contributed by atoms with Crippen molar-refractivity contribution in [3.63, 3.8) is 0 Å². The molecule has 7 nitrogen and oxygen atoms in total. The molecule has 7 heteroatoms. The van der Waals surface area contributed by atoms with Crippen molar-refractivity contribution in [1.82, 2.24) is 20.4 Å². The highest BCUT2D eigenvalue weighted by Crippen LogP contribution is 2.06. The van der Waals surface area contributed by atoms with Gasteiger partial charge < -0.3 is 15.7 Å². The molecule has 1 atom stereocenters. The molecule has 0 aliphatic heterocycles. The summed E-state index contributed by atoms with van der Waals surface area (Å²) >= 11 is 0. The van der Waals surface area contributed by atoms with Crippen LogP contribution in [0.2, 0.25) is 0 Å². The van der Waals surface area contributed by atoms with Gasteiger partial charge in [0.05, 0.1) is 0 Å². The first kappa shape index (κ1) is 28.8. The molecule has 0 aromatic carbocycles. The lowest BCUT2D eigenvalue weighted by atomic mass is 10.2. The predicted octanol–water partition coefficient (Wildman–Crippen LogP) is 2.73. The zero-order valence-corrected chi connectivity index (χ0v) is 20.5. The molecule has 0 radical (unpaired) electrons. The Morgan fingerprint density at radius 1 is 0.667 bits per heavy atom.